The predicted octanol–water partition coefficient (Wildman–Crippen LogP) is -7.78. The van der Waals surface area contributed by atoms with E-state index in [1.807, 2.05) is 0 Å². The molecule has 0 spiro atoms. The van der Waals surface area contributed by atoms with Gasteiger partial charge in [-0.05, 0) is 39.5 Å². The van der Waals surface area contributed by atoms with Crippen LogP contribution >= 0.6 is 0 Å². The van der Waals surface area contributed by atoms with Gasteiger partial charge >= 0.3 is 11.9 Å². The first-order valence-corrected chi connectivity index (χ1v) is 20.5. The molecule has 65 heavy (non-hydrogen) atoms. The van der Waals surface area contributed by atoms with Crippen LogP contribution in [-0.4, -0.2) is 200 Å². The third-order valence-corrected chi connectivity index (χ3v) is 10.1. The minimum Gasteiger partial charge on any atom is -0.480 e. The van der Waals surface area contributed by atoms with Crippen LogP contribution in [0.15, 0.2) is 0 Å². The van der Waals surface area contributed by atoms with E-state index in [0.29, 0.717) is 0 Å². The van der Waals surface area contributed by atoms with Gasteiger partial charge in [-0.1, -0.05) is 0 Å². The SMILES string of the molecule is CC(=O)NC1C(OC2C(CO)OC(O)C(NC(C)=O)C2OC(C)C(=O)NC(C)C(=O)NC(CCC(=O)NC(CCCCNC(=O)C(N)CC(N)=O)C(=O)O)C(=O)O)OC(CO)C(O)C1O. The molecule has 0 saturated carbocycles. The number of aliphatic hydroxyl groups is 5. The molecule has 0 aromatic heterocycles. The Kier molecular flexibility index (Phi) is 23.0. The van der Waals surface area contributed by atoms with Crippen LogP contribution in [0.25, 0.3) is 0 Å². The van der Waals surface area contributed by atoms with E-state index < -0.39 is 171 Å². The third kappa shape index (κ3) is 17.6. The van der Waals surface area contributed by atoms with Gasteiger partial charge in [0, 0.05) is 26.8 Å². The van der Waals surface area contributed by atoms with Crippen LogP contribution in [0.3, 0.4) is 0 Å². The molecule has 15 atom stereocenters. The number of hydrogen-bond acceptors (Lipinski definition) is 19. The van der Waals surface area contributed by atoms with Crippen LogP contribution in [-0.2, 0) is 62.1 Å². The summed E-state index contributed by atoms with van der Waals surface area (Å²) in [5.41, 5.74) is 10.6. The highest BCUT2D eigenvalue weighted by molar-refractivity contribution is 5.91. The van der Waals surface area contributed by atoms with Gasteiger partial charge in [0.05, 0.1) is 25.7 Å². The Morgan fingerprint density at radius 1 is 0.708 bits per heavy atom. The number of carboxylic acids is 2. The number of nitrogens with one attached hydrogen (secondary N) is 6. The van der Waals surface area contributed by atoms with E-state index >= 15 is 0 Å². The Hall–Kier alpha value is -5.17. The van der Waals surface area contributed by atoms with Crippen molar-refractivity contribution in [2.24, 2.45) is 11.5 Å². The van der Waals surface area contributed by atoms with Crippen molar-refractivity contribution in [2.75, 3.05) is 19.8 Å². The summed E-state index contributed by atoms with van der Waals surface area (Å²) < 4.78 is 23.1. The first-order valence-electron chi connectivity index (χ1n) is 20.5. The topological polar surface area (TPSA) is 456 Å². The third-order valence-electron chi connectivity index (χ3n) is 10.1. The number of hydrogen-bond donors (Lipinski definition) is 15. The molecule has 0 aromatic carbocycles. The summed E-state index contributed by atoms with van der Waals surface area (Å²) in [5, 5.41) is 85.3. The monoisotopic (exact) mass is 938 g/mol. The van der Waals surface area contributed by atoms with Gasteiger partial charge in [0.1, 0.15) is 72.9 Å². The second-order valence-electron chi connectivity index (χ2n) is 15.4. The van der Waals surface area contributed by atoms with Gasteiger partial charge in [-0.25, -0.2) is 9.59 Å². The minimum absolute atomic E-state index is 0.0738. The Bertz CT molecular complexity index is 1680. The smallest absolute Gasteiger partial charge is 0.326 e. The maximum atomic E-state index is 13.4. The van der Waals surface area contributed by atoms with E-state index in [4.69, 9.17) is 30.4 Å². The molecule has 2 heterocycles. The average molecular weight is 939 g/mol. The predicted molar refractivity (Wildman–Crippen MR) is 215 cm³/mol. The van der Waals surface area contributed by atoms with Gasteiger partial charge in [0.2, 0.25) is 41.4 Å². The van der Waals surface area contributed by atoms with Crippen molar-refractivity contribution in [3.63, 3.8) is 0 Å². The Morgan fingerprint density at radius 2 is 1.29 bits per heavy atom. The summed E-state index contributed by atoms with van der Waals surface area (Å²) in [6, 6.07) is -8.74. The summed E-state index contributed by atoms with van der Waals surface area (Å²) in [6.45, 7) is 2.89. The lowest BCUT2D eigenvalue weighted by molar-refractivity contribution is -0.333. The molecule has 28 nitrogen and oxygen atoms in total. The number of carboxylic acid groups (broad SMARTS) is 2. The maximum Gasteiger partial charge on any atom is 0.326 e. The molecule has 2 aliphatic heterocycles. The van der Waals surface area contributed by atoms with E-state index in [2.05, 4.69) is 31.9 Å². The molecule has 0 radical (unpaired) electrons. The van der Waals surface area contributed by atoms with Gasteiger partial charge in [-0.3, -0.25) is 33.6 Å². The highest BCUT2D eigenvalue weighted by Gasteiger charge is 2.53. The number of nitrogens with two attached hydrogens (primary N) is 2. The number of ether oxygens (including phenoxy) is 4. The number of carbonyl (C=O) groups is 9. The minimum atomic E-state index is -1.89. The lowest BCUT2D eigenvalue weighted by Crippen LogP contribution is -2.70. The molecule has 7 amide bonds. The van der Waals surface area contributed by atoms with E-state index in [0.717, 1.165) is 13.8 Å². The lowest BCUT2D eigenvalue weighted by atomic mass is 9.94. The number of carbonyl (C=O) groups excluding carboxylic acids is 7. The summed E-state index contributed by atoms with van der Waals surface area (Å²) in [6.07, 6.45) is -15.9. The lowest BCUT2D eigenvalue weighted by Gasteiger charge is -2.48. The maximum absolute atomic E-state index is 13.4. The van der Waals surface area contributed by atoms with Gasteiger partial charge in [-0.2, -0.15) is 0 Å². The van der Waals surface area contributed by atoms with Crippen LogP contribution in [0.4, 0.5) is 0 Å². The van der Waals surface area contributed by atoms with Crippen LogP contribution in [0.5, 0.6) is 0 Å². The van der Waals surface area contributed by atoms with Crippen LogP contribution < -0.4 is 43.4 Å². The number of amides is 7. The normalized spacial score (nSPS) is 27.6. The van der Waals surface area contributed by atoms with Crippen molar-refractivity contribution in [3.8, 4) is 0 Å². The Labute approximate surface area is 371 Å². The quantitative estimate of drug-likeness (QED) is 0.0358. The van der Waals surface area contributed by atoms with Crippen LogP contribution in [0, 0.1) is 0 Å². The summed E-state index contributed by atoms with van der Waals surface area (Å²) in [7, 11) is 0. The van der Waals surface area contributed by atoms with Crippen molar-refractivity contribution in [1.82, 2.24) is 31.9 Å². The molecule has 2 aliphatic rings. The molecule has 0 bridgehead atoms. The number of aliphatic carboxylic acids is 2. The Balaban J connectivity index is 2.10. The van der Waals surface area contributed by atoms with Crippen molar-refractivity contribution >= 4 is 53.3 Å². The zero-order chi connectivity index (χ0) is 49.3. The molecular formula is C37H62N8O20. The van der Waals surface area contributed by atoms with Gasteiger partial charge in [0.25, 0.3) is 0 Å². The van der Waals surface area contributed by atoms with E-state index in [-0.39, 0.29) is 32.2 Å². The van der Waals surface area contributed by atoms with Crippen molar-refractivity contribution in [1.29, 1.82) is 0 Å². The van der Waals surface area contributed by atoms with Crippen molar-refractivity contribution in [3.05, 3.63) is 0 Å². The molecule has 0 aliphatic carbocycles. The molecular weight excluding hydrogens is 876 g/mol. The molecule has 17 N–H and O–H groups in total. The van der Waals surface area contributed by atoms with E-state index in [9.17, 15) is 78.9 Å². The zero-order valence-electron chi connectivity index (χ0n) is 36.1. The summed E-state index contributed by atoms with van der Waals surface area (Å²) in [4.78, 5) is 110. The van der Waals surface area contributed by atoms with Gasteiger partial charge in [0.15, 0.2) is 12.6 Å². The number of aliphatic hydroxyl groups excluding tert-OH is 5. The first kappa shape index (κ1) is 56.0. The molecule has 2 fully saturated rings. The standard InChI is InChI=1S/C37H62N8O20/c1-14(31(54)45-20(35(59)60)8-9-24(51)44-19(34(57)58)7-5-6-10-40-33(56)18(38)11-23(39)50)41-32(55)15(2)62-30-26(43-17(4)49)36(61)63-22(13-47)29(30)65-37-25(42-16(3)48)28(53)27(52)21(12-46)64-37/h14-15,18-22,25-30,36-37,46-47,52-53,61H,5-13,38H2,1-4H3,(H2,39,50)(H,40,56)(H,41,55)(H,42,48)(H,43,49)(H,44,51)(H,45,54)(H,57,58)(H,59,60). The van der Waals surface area contributed by atoms with Crippen LogP contribution in [0.1, 0.15) is 66.2 Å². The fourth-order valence-electron chi connectivity index (χ4n) is 6.70. The van der Waals surface area contributed by atoms with Gasteiger partial charge in [-0.15, -0.1) is 0 Å². The second-order valence-corrected chi connectivity index (χ2v) is 15.4. The molecule has 370 valence electrons. The largest absolute Gasteiger partial charge is 0.480 e. The van der Waals surface area contributed by atoms with Crippen molar-refractivity contribution < 1.29 is 97.8 Å². The summed E-state index contributed by atoms with van der Waals surface area (Å²) in [5.74, 6) is -8.72. The fourth-order valence-corrected chi connectivity index (χ4v) is 6.70. The van der Waals surface area contributed by atoms with E-state index in [1.165, 1.54) is 13.8 Å². The van der Waals surface area contributed by atoms with Crippen LogP contribution in [0.2, 0.25) is 0 Å². The van der Waals surface area contributed by atoms with E-state index in [1.54, 1.807) is 0 Å². The molecule has 2 saturated heterocycles. The second kappa shape index (κ2) is 26.7. The summed E-state index contributed by atoms with van der Waals surface area (Å²) >= 11 is 0. The first-order chi connectivity index (χ1) is 30.4. The molecule has 0 aromatic rings. The zero-order valence-corrected chi connectivity index (χ0v) is 36.1. The Morgan fingerprint density at radius 3 is 1.85 bits per heavy atom. The van der Waals surface area contributed by atoms with Crippen molar-refractivity contribution in [2.45, 2.75) is 158 Å². The molecule has 28 heteroatoms. The highest BCUT2D eigenvalue weighted by atomic mass is 16.7. The number of primary amides is 1. The molecule has 2 rings (SSSR count). The number of unbranched alkanes of at least 4 members (excludes halogenated alkanes) is 1. The molecule has 15 unspecified atom stereocenters. The number of rotatable bonds is 26. The highest BCUT2D eigenvalue weighted by Crippen LogP contribution is 2.31. The fraction of sp³-hybridized carbons (Fsp3) is 0.757. The average Bonchev–Trinajstić information content (AvgIpc) is 3.22. The van der Waals surface area contributed by atoms with Gasteiger partial charge < -0.3 is 98.1 Å².